The summed E-state index contributed by atoms with van der Waals surface area (Å²) in [5.41, 5.74) is 7.42. The first-order valence-electron chi connectivity index (χ1n) is 10.9. The van der Waals surface area contributed by atoms with Crippen molar-refractivity contribution in [3.05, 3.63) is 59.7 Å². The standard InChI is InChI=1S/C24H33N5O3/c1-26-24(27-15-18-6-5-7-21(14-18)32-17-23(25)30)28-16-22(29-12-3-4-13-29)19-8-10-20(31-2)11-9-19/h5-11,14,22H,3-4,12-13,15-17H2,1-2H3,(H2,25,30)(H2,26,27,28). The molecule has 1 heterocycles. The van der Waals surface area contributed by atoms with Crippen LogP contribution in [0.15, 0.2) is 53.5 Å². The number of amides is 1. The Labute approximate surface area is 189 Å². The summed E-state index contributed by atoms with van der Waals surface area (Å²) in [5, 5.41) is 6.82. The summed E-state index contributed by atoms with van der Waals surface area (Å²) in [6.07, 6.45) is 2.46. The molecule has 1 fully saturated rings. The SMILES string of the molecule is CN=C(NCc1cccc(OCC(N)=O)c1)NCC(c1ccc(OC)cc1)N1CCCC1. The normalized spacial score (nSPS) is 15.2. The Hall–Kier alpha value is -3.26. The van der Waals surface area contributed by atoms with Gasteiger partial charge in [0.1, 0.15) is 11.5 Å². The van der Waals surface area contributed by atoms with Crippen LogP contribution in [0.1, 0.15) is 30.0 Å². The number of nitrogens with one attached hydrogen (secondary N) is 2. The van der Waals surface area contributed by atoms with Gasteiger partial charge in [-0.3, -0.25) is 14.7 Å². The van der Waals surface area contributed by atoms with Crippen LogP contribution in [0, 0.1) is 0 Å². The van der Waals surface area contributed by atoms with Crippen LogP contribution in [-0.2, 0) is 11.3 Å². The van der Waals surface area contributed by atoms with E-state index in [2.05, 4.69) is 32.7 Å². The van der Waals surface area contributed by atoms with Crippen molar-refractivity contribution in [1.29, 1.82) is 0 Å². The molecule has 1 saturated heterocycles. The van der Waals surface area contributed by atoms with Crippen molar-refractivity contribution in [2.45, 2.75) is 25.4 Å². The average molecular weight is 440 g/mol. The van der Waals surface area contributed by atoms with Crippen molar-refractivity contribution in [2.24, 2.45) is 10.7 Å². The van der Waals surface area contributed by atoms with Gasteiger partial charge in [0.05, 0.1) is 13.2 Å². The fraction of sp³-hybridized carbons (Fsp3) is 0.417. The molecule has 2 aromatic rings. The van der Waals surface area contributed by atoms with Gasteiger partial charge in [-0.1, -0.05) is 24.3 Å². The zero-order valence-electron chi connectivity index (χ0n) is 18.8. The molecule has 172 valence electrons. The molecule has 8 heteroatoms. The second-order valence-corrected chi connectivity index (χ2v) is 7.74. The van der Waals surface area contributed by atoms with E-state index in [0.29, 0.717) is 12.3 Å². The Kier molecular flexibility index (Phi) is 8.74. The molecule has 1 unspecified atom stereocenters. The van der Waals surface area contributed by atoms with E-state index in [0.717, 1.165) is 36.9 Å². The summed E-state index contributed by atoms with van der Waals surface area (Å²) in [6.45, 7) is 3.38. The number of nitrogens with two attached hydrogens (primary N) is 1. The van der Waals surface area contributed by atoms with Crippen molar-refractivity contribution >= 4 is 11.9 Å². The molecule has 2 aromatic carbocycles. The van der Waals surface area contributed by atoms with Gasteiger partial charge in [0, 0.05) is 20.1 Å². The second kappa shape index (κ2) is 12.0. The monoisotopic (exact) mass is 439 g/mol. The Morgan fingerprint density at radius 2 is 1.88 bits per heavy atom. The van der Waals surface area contributed by atoms with E-state index in [4.69, 9.17) is 15.2 Å². The number of hydrogen-bond donors (Lipinski definition) is 3. The van der Waals surface area contributed by atoms with E-state index in [9.17, 15) is 4.79 Å². The lowest BCUT2D eigenvalue weighted by molar-refractivity contribution is -0.119. The zero-order chi connectivity index (χ0) is 22.8. The summed E-state index contributed by atoms with van der Waals surface area (Å²) in [7, 11) is 3.45. The molecule has 3 rings (SSSR count). The lowest BCUT2D eigenvalue weighted by Gasteiger charge is -2.29. The van der Waals surface area contributed by atoms with Gasteiger partial charge in [0.2, 0.25) is 0 Å². The predicted octanol–water partition coefficient (Wildman–Crippen LogP) is 2.06. The van der Waals surface area contributed by atoms with Gasteiger partial charge in [-0.15, -0.1) is 0 Å². The molecular weight excluding hydrogens is 406 g/mol. The summed E-state index contributed by atoms with van der Waals surface area (Å²) in [6, 6.07) is 16.1. The van der Waals surface area contributed by atoms with Crippen molar-refractivity contribution in [3.63, 3.8) is 0 Å². The molecule has 1 aliphatic heterocycles. The van der Waals surface area contributed by atoms with Crippen LogP contribution in [0.3, 0.4) is 0 Å². The van der Waals surface area contributed by atoms with Crippen LogP contribution in [0.2, 0.25) is 0 Å². The van der Waals surface area contributed by atoms with E-state index in [1.807, 2.05) is 30.3 Å². The molecular formula is C24H33N5O3. The predicted molar refractivity (Wildman–Crippen MR) is 126 cm³/mol. The van der Waals surface area contributed by atoms with Gasteiger partial charge in [-0.2, -0.15) is 0 Å². The fourth-order valence-corrected chi connectivity index (χ4v) is 3.84. The molecule has 0 spiro atoms. The molecule has 0 saturated carbocycles. The highest BCUT2D eigenvalue weighted by molar-refractivity contribution is 5.79. The third kappa shape index (κ3) is 6.88. The maximum absolute atomic E-state index is 10.9. The first-order valence-corrected chi connectivity index (χ1v) is 10.9. The molecule has 0 aromatic heterocycles. The van der Waals surface area contributed by atoms with Crippen LogP contribution in [0.25, 0.3) is 0 Å². The zero-order valence-corrected chi connectivity index (χ0v) is 18.8. The average Bonchev–Trinajstić information content (AvgIpc) is 3.35. The lowest BCUT2D eigenvalue weighted by atomic mass is 10.1. The number of methoxy groups -OCH3 is 1. The van der Waals surface area contributed by atoms with Crippen molar-refractivity contribution < 1.29 is 14.3 Å². The minimum atomic E-state index is -0.498. The maximum atomic E-state index is 10.9. The highest BCUT2D eigenvalue weighted by Crippen LogP contribution is 2.26. The number of primary amides is 1. The fourth-order valence-electron chi connectivity index (χ4n) is 3.84. The number of aliphatic imine (C=N–C) groups is 1. The summed E-state index contributed by atoms with van der Waals surface area (Å²) in [5.74, 6) is 1.70. The van der Waals surface area contributed by atoms with Crippen LogP contribution < -0.4 is 25.8 Å². The minimum Gasteiger partial charge on any atom is -0.497 e. The van der Waals surface area contributed by atoms with Crippen LogP contribution >= 0.6 is 0 Å². The number of likely N-dealkylation sites (tertiary alicyclic amines) is 1. The molecule has 4 N–H and O–H groups in total. The third-order valence-electron chi connectivity index (χ3n) is 5.51. The Morgan fingerprint density at radius 3 is 2.53 bits per heavy atom. The Morgan fingerprint density at radius 1 is 1.12 bits per heavy atom. The second-order valence-electron chi connectivity index (χ2n) is 7.74. The van der Waals surface area contributed by atoms with Crippen LogP contribution in [0.5, 0.6) is 11.5 Å². The molecule has 8 nitrogen and oxygen atoms in total. The number of nitrogens with zero attached hydrogens (tertiary/aromatic N) is 2. The van der Waals surface area contributed by atoms with E-state index in [1.54, 1.807) is 20.2 Å². The molecule has 32 heavy (non-hydrogen) atoms. The molecule has 1 aliphatic rings. The molecule has 0 bridgehead atoms. The number of hydrogen-bond acceptors (Lipinski definition) is 5. The van der Waals surface area contributed by atoms with Gasteiger partial charge >= 0.3 is 0 Å². The summed E-state index contributed by atoms with van der Waals surface area (Å²) >= 11 is 0. The van der Waals surface area contributed by atoms with Gasteiger partial charge in [-0.25, -0.2) is 0 Å². The van der Waals surface area contributed by atoms with Gasteiger partial charge < -0.3 is 25.8 Å². The van der Waals surface area contributed by atoms with E-state index in [-0.39, 0.29) is 12.6 Å². The number of carbonyl (C=O) groups excluding carboxylic acids is 1. The molecule has 0 aliphatic carbocycles. The van der Waals surface area contributed by atoms with Crippen molar-refractivity contribution in [2.75, 3.05) is 40.4 Å². The van der Waals surface area contributed by atoms with Gasteiger partial charge in [0.15, 0.2) is 12.6 Å². The number of rotatable bonds is 10. The quantitative estimate of drug-likeness (QED) is 0.387. The van der Waals surface area contributed by atoms with Gasteiger partial charge in [0.25, 0.3) is 5.91 Å². The largest absolute Gasteiger partial charge is 0.497 e. The molecule has 1 atom stereocenters. The first kappa shape index (κ1) is 23.4. The number of ether oxygens (including phenoxy) is 2. The smallest absolute Gasteiger partial charge is 0.255 e. The van der Waals surface area contributed by atoms with Crippen molar-refractivity contribution in [1.82, 2.24) is 15.5 Å². The lowest BCUT2D eigenvalue weighted by Crippen LogP contribution is -2.42. The Balaban J connectivity index is 1.58. The number of benzene rings is 2. The van der Waals surface area contributed by atoms with Crippen LogP contribution in [-0.4, -0.2) is 57.2 Å². The molecule has 0 radical (unpaired) electrons. The van der Waals surface area contributed by atoms with Gasteiger partial charge in [-0.05, 0) is 61.3 Å². The third-order valence-corrected chi connectivity index (χ3v) is 5.51. The van der Waals surface area contributed by atoms with E-state index < -0.39 is 5.91 Å². The van der Waals surface area contributed by atoms with Crippen LogP contribution in [0.4, 0.5) is 0 Å². The van der Waals surface area contributed by atoms with E-state index in [1.165, 1.54) is 18.4 Å². The van der Waals surface area contributed by atoms with Crippen molar-refractivity contribution in [3.8, 4) is 11.5 Å². The summed E-state index contributed by atoms with van der Waals surface area (Å²) < 4.78 is 10.7. The minimum absolute atomic E-state index is 0.136. The number of carbonyl (C=O) groups is 1. The highest BCUT2D eigenvalue weighted by atomic mass is 16.5. The maximum Gasteiger partial charge on any atom is 0.255 e. The summed E-state index contributed by atoms with van der Waals surface area (Å²) in [4.78, 5) is 17.8. The Bertz CT molecular complexity index is 895. The topological polar surface area (TPSA) is 101 Å². The molecule has 1 amide bonds. The number of guanidine groups is 1. The highest BCUT2D eigenvalue weighted by Gasteiger charge is 2.23. The first-order chi connectivity index (χ1) is 15.6. The van der Waals surface area contributed by atoms with E-state index >= 15 is 0 Å².